The lowest BCUT2D eigenvalue weighted by atomic mass is 9.81. The number of anilines is 1. The average molecular weight is 314 g/mol. The van der Waals surface area contributed by atoms with E-state index in [4.69, 9.17) is 9.94 Å². The van der Waals surface area contributed by atoms with Gasteiger partial charge < -0.3 is 20.5 Å². The van der Waals surface area contributed by atoms with Crippen LogP contribution in [-0.4, -0.2) is 18.3 Å². The number of hydrogen-bond donors (Lipinski definition) is 2. The third-order valence-electron chi connectivity index (χ3n) is 3.71. The van der Waals surface area contributed by atoms with Gasteiger partial charge in [0.25, 0.3) is 0 Å². The molecule has 2 N–H and O–H groups in total. The molecule has 1 aromatic carbocycles. The highest BCUT2D eigenvalue weighted by atomic mass is 16.8. The lowest BCUT2D eigenvalue weighted by molar-refractivity contribution is -0.136. The molecule has 0 radical (unpaired) electrons. The molecule has 120 valence electrons. The molecule has 2 rings (SSSR count). The highest BCUT2D eigenvalue weighted by molar-refractivity contribution is 5.93. The normalized spacial score (nSPS) is 17.5. The van der Waals surface area contributed by atoms with Crippen molar-refractivity contribution < 1.29 is 14.7 Å². The molecule has 0 fully saturated rings. The minimum absolute atomic E-state index is 0.0119. The Labute approximate surface area is 133 Å². The minimum Gasteiger partial charge on any atom is -0.733 e. The van der Waals surface area contributed by atoms with E-state index in [1.165, 1.54) is 19.2 Å². The van der Waals surface area contributed by atoms with E-state index in [0.29, 0.717) is 28.1 Å². The molecule has 0 saturated heterocycles. The first kappa shape index (κ1) is 16.5. The van der Waals surface area contributed by atoms with Gasteiger partial charge in [0.15, 0.2) is 0 Å². The number of methoxy groups -OCH3 is 1. The fourth-order valence-electron chi connectivity index (χ4n) is 2.68. The van der Waals surface area contributed by atoms with Crippen LogP contribution < -0.4 is 10.5 Å². The van der Waals surface area contributed by atoms with E-state index >= 15 is 0 Å². The van der Waals surface area contributed by atoms with E-state index < -0.39 is 11.9 Å². The van der Waals surface area contributed by atoms with Gasteiger partial charge in [0, 0.05) is 11.4 Å². The quantitative estimate of drug-likeness (QED) is 0.651. The Bertz CT molecular complexity index is 744. The van der Waals surface area contributed by atoms with Crippen molar-refractivity contribution in [3.05, 3.63) is 57.6 Å². The zero-order valence-corrected chi connectivity index (χ0v) is 13.0. The standard InChI is InChI=1S/C16H16N3O4/c1-9-13(8-17)15(14(10(2)18-9)16(20)23-3)11-5-4-6-12(7-11)19(21)22/h4-7,15,18,21H,1-3H3/q-1/t15-/m1/s1. The third-order valence-corrected chi connectivity index (χ3v) is 3.71. The predicted molar refractivity (Wildman–Crippen MR) is 83.0 cm³/mol. The van der Waals surface area contributed by atoms with Gasteiger partial charge in [-0.3, -0.25) is 5.21 Å². The molecule has 0 saturated carbocycles. The topological polar surface area (TPSA) is 109 Å². The molecule has 7 nitrogen and oxygen atoms in total. The van der Waals surface area contributed by atoms with E-state index in [1.807, 2.05) is 0 Å². The molecule has 1 atom stereocenters. The van der Waals surface area contributed by atoms with Crippen LogP contribution in [0, 0.1) is 16.5 Å². The molecule has 1 aliphatic heterocycles. The Morgan fingerprint density at radius 1 is 1.43 bits per heavy atom. The summed E-state index contributed by atoms with van der Waals surface area (Å²) in [6.45, 7) is 3.45. The summed E-state index contributed by atoms with van der Waals surface area (Å²) in [4.78, 5) is 12.2. The summed E-state index contributed by atoms with van der Waals surface area (Å²) in [7, 11) is 1.26. The van der Waals surface area contributed by atoms with E-state index in [9.17, 15) is 15.3 Å². The van der Waals surface area contributed by atoms with Gasteiger partial charge in [0.05, 0.1) is 35.9 Å². The summed E-state index contributed by atoms with van der Waals surface area (Å²) in [6.07, 6.45) is 0. The van der Waals surface area contributed by atoms with Gasteiger partial charge in [0.2, 0.25) is 0 Å². The Morgan fingerprint density at radius 2 is 2.13 bits per heavy atom. The van der Waals surface area contributed by atoms with Crippen LogP contribution in [-0.2, 0) is 9.53 Å². The summed E-state index contributed by atoms with van der Waals surface area (Å²) < 4.78 is 4.83. The zero-order valence-electron chi connectivity index (χ0n) is 13.0. The van der Waals surface area contributed by atoms with Gasteiger partial charge in [-0.2, -0.15) is 5.26 Å². The number of esters is 1. The van der Waals surface area contributed by atoms with Crippen molar-refractivity contribution in [2.75, 3.05) is 12.3 Å². The zero-order chi connectivity index (χ0) is 17.1. The first-order valence-corrected chi connectivity index (χ1v) is 6.83. The summed E-state index contributed by atoms with van der Waals surface area (Å²) in [5, 5.41) is 32.4. The minimum atomic E-state index is -0.673. The predicted octanol–water partition coefficient (Wildman–Crippen LogP) is 2.31. The Kier molecular flexibility index (Phi) is 4.69. The lowest BCUT2D eigenvalue weighted by Crippen LogP contribution is -2.28. The number of carbonyl (C=O) groups is 1. The largest absolute Gasteiger partial charge is 0.733 e. The van der Waals surface area contributed by atoms with Gasteiger partial charge in [-0.15, -0.1) is 0 Å². The maximum atomic E-state index is 12.2. The van der Waals surface area contributed by atoms with Crippen LogP contribution in [0.15, 0.2) is 46.8 Å². The molecule has 0 amide bonds. The first-order valence-electron chi connectivity index (χ1n) is 6.83. The van der Waals surface area contributed by atoms with Gasteiger partial charge in [-0.25, -0.2) is 4.79 Å². The number of carbonyl (C=O) groups excluding carboxylic acids is 1. The summed E-state index contributed by atoms with van der Waals surface area (Å²) in [5.41, 5.74) is 2.39. The molecule has 0 spiro atoms. The number of nitrogens with zero attached hydrogens (tertiary/aromatic N) is 2. The van der Waals surface area contributed by atoms with Crippen LogP contribution in [0.1, 0.15) is 25.3 Å². The number of rotatable bonds is 3. The maximum Gasteiger partial charge on any atom is 0.336 e. The van der Waals surface area contributed by atoms with Crippen LogP contribution >= 0.6 is 0 Å². The second kappa shape index (κ2) is 6.52. The number of hydrogen-bond acceptors (Lipinski definition) is 7. The number of benzene rings is 1. The summed E-state index contributed by atoms with van der Waals surface area (Å²) in [5.74, 6) is -1.23. The molecule has 0 aliphatic carbocycles. The number of nitriles is 1. The molecule has 0 bridgehead atoms. The summed E-state index contributed by atoms with van der Waals surface area (Å²) >= 11 is 0. The Hall–Kier alpha value is -2.82. The second-order valence-electron chi connectivity index (χ2n) is 5.11. The molecule has 7 heteroatoms. The van der Waals surface area contributed by atoms with Crippen LogP contribution in [0.4, 0.5) is 5.69 Å². The average Bonchev–Trinajstić information content (AvgIpc) is 2.53. The molecule has 1 heterocycles. The number of dihydropyridines is 1. The second-order valence-corrected chi connectivity index (χ2v) is 5.11. The third kappa shape index (κ3) is 3.04. The highest BCUT2D eigenvalue weighted by Crippen LogP contribution is 2.39. The van der Waals surface area contributed by atoms with Crippen LogP contribution in [0.2, 0.25) is 0 Å². The van der Waals surface area contributed by atoms with Crippen LogP contribution in [0.3, 0.4) is 0 Å². The number of ether oxygens (including phenoxy) is 1. The Morgan fingerprint density at radius 3 is 2.70 bits per heavy atom. The number of nitrogens with one attached hydrogen (secondary N) is 1. The lowest BCUT2D eigenvalue weighted by Gasteiger charge is -2.29. The van der Waals surface area contributed by atoms with Gasteiger partial charge in [0.1, 0.15) is 0 Å². The molecule has 1 aromatic rings. The van der Waals surface area contributed by atoms with E-state index in [1.54, 1.807) is 26.0 Å². The van der Waals surface area contributed by atoms with Gasteiger partial charge in [-0.05, 0) is 31.5 Å². The van der Waals surface area contributed by atoms with Gasteiger partial charge >= 0.3 is 5.97 Å². The van der Waals surface area contributed by atoms with E-state index in [-0.39, 0.29) is 10.9 Å². The summed E-state index contributed by atoms with van der Waals surface area (Å²) in [6, 6.07) is 8.22. The van der Waals surface area contributed by atoms with Crippen molar-refractivity contribution in [2.45, 2.75) is 19.8 Å². The Balaban J connectivity index is 2.66. The monoisotopic (exact) mass is 314 g/mol. The smallest absolute Gasteiger partial charge is 0.336 e. The fourth-order valence-corrected chi connectivity index (χ4v) is 2.68. The molecule has 0 unspecified atom stereocenters. The van der Waals surface area contributed by atoms with Crippen LogP contribution in [0.25, 0.3) is 0 Å². The number of allylic oxidation sites excluding steroid dienone is 3. The SMILES string of the molecule is COC(=O)C1=C(C)NC(C)=C(C#N)[C@H]1c1cccc(N([O-])O)c1. The molecule has 23 heavy (non-hydrogen) atoms. The van der Waals surface area contributed by atoms with Crippen molar-refractivity contribution >= 4 is 11.7 Å². The van der Waals surface area contributed by atoms with Gasteiger partial charge in [-0.1, -0.05) is 12.1 Å². The molecular formula is C16H16N3O4-. The van der Waals surface area contributed by atoms with Crippen molar-refractivity contribution in [1.29, 1.82) is 5.26 Å². The highest BCUT2D eigenvalue weighted by Gasteiger charge is 2.33. The van der Waals surface area contributed by atoms with E-state index in [2.05, 4.69) is 11.4 Å². The van der Waals surface area contributed by atoms with Crippen molar-refractivity contribution in [1.82, 2.24) is 5.32 Å². The van der Waals surface area contributed by atoms with E-state index in [0.717, 1.165) is 0 Å². The van der Waals surface area contributed by atoms with Crippen molar-refractivity contribution in [3.63, 3.8) is 0 Å². The molecule has 1 aliphatic rings. The fraction of sp³-hybridized carbons (Fsp3) is 0.250. The van der Waals surface area contributed by atoms with Crippen molar-refractivity contribution in [2.24, 2.45) is 0 Å². The maximum absolute atomic E-state index is 12.2. The molecule has 0 aromatic heterocycles. The first-order chi connectivity index (χ1) is 10.9. The van der Waals surface area contributed by atoms with Crippen LogP contribution in [0.5, 0.6) is 0 Å². The van der Waals surface area contributed by atoms with Crippen molar-refractivity contribution in [3.8, 4) is 6.07 Å². The molecular weight excluding hydrogens is 298 g/mol.